The van der Waals surface area contributed by atoms with Gasteiger partial charge in [0.05, 0.1) is 0 Å². The third-order valence-electron chi connectivity index (χ3n) is 2.28. The standard InChI is InChI=1S/C11H13ClN4O/c1-17-7-11-14-8-16(15-11)5-4-9-2-3-10(12)13-6-9/h2-3,6,8H,4-5,7H2,1H3. The number of rotatable bonds is 5. The molecule has 0 aliphatic heterocycles. The summed E-state index contributed by atoms with van der Waals surface area (Å²) >= 11 is 5.71. The Labute approximate surface area is 104 Å². The average Bonchev–Trinajstić information content (AvgIpc) is 2.77. The molecule has 5 nitrogen and oxygen atoms in total. The third kappa shape index (κ3) is 3.51. The predicted octanol–water partition coefficient (Wildman–Crippen LogP) is 1.72. The topological polar surface area (TPSA) is 52.8 Å². The van der Waals surface area contributed by atoms with Crippen molar-refractivity contribution in [1.29, 1.82) is 0 Å². The Morgan fingerprint density at radius 3 is 2.94 bits per heavy atom. The highest BCUT2D eigenvalue weighted by atomic mass is 35.5. The molecule has 0 aromatic carbocycles. The maximum Gasteiger partial charge on any atom is 0.176 e. The summed E-state index contributed by atoms with van der Waals surface area (Å²) in [5.41, 5.74) is 1.12. The van der Waals surface area contributed by atoms with Gasteiger partial charge in [-0.15, -0.1) is 0 Å². The summed E-state index contributed by atoms with van der Waals surface area (Å²) in [4.78, 5) is 8.15. The molecule has 0 aliphatic rings. The van der Waals surface area contributed by atoms with E-state index in [-0.39, 0.29) is 0 Å². The van der Waals surface area contributed by atoms with Gasteiger partial charge in [-0.25, -0.2) is 9.97 Å². The second-order valence-electron chi connectivity index (χ2n) is 3.60. The molecule has 2 aromatic rings. The van der Waals surface area contributed by atoms with Crippen molar-refractivity contribution in [3.63, 3.8) is 0 Å². The van der Waals surface area contributed by atoms with Crippen molar-refractivity contribution in [1.82, 2.24) is 19.7 Å². The molecule has 2 rings (SSSR count). The quantitative estimate of drug-likeness (QED) is 0.761. The molecule has 0 N–H and O–H groups in total. The normalized spacial score (nSPS) is 10.7. The first kappa shape index (κ1) is 12.0. The molecule has 0 fully saturated rings. The molecule has 90 valence electrons. The Kier molecular flexibility index (Phi) is 4.06. The first-order valence-electron chi connectivity index (χ1n) is 5.25. The molecule has 0 atom stereocenters. The first-order chi connectivity index (χ1) is 8.28. The van der Waals surface area contributed by atoms with Gasteiger partial charge in [0.1, 0.15) is 18.1 Å². The van der Waals surface area contributed by atoms with E-state index in [1.54, 1.807) is 30.4 Å². The van der Waals surface area contributed by atoms with Crippen LogP contribution in [0.4, 0.5) is 0 Å². The molecular formula is C11H13ClN4O. The van der Waals surface area contributed by atoms with Gasteiger partial charge in [0.25, 0.3) is 0 Å². The van der Waals surface area contributed by atoms with Gasteiger partial charge < -0.3 is 4.74 Å². The molecule has 0 saturated heterocycles. The zero-order valence-electron chi connectivity index (χ0n) is 9.51. The van der Waals surface area contributed by atoms with Crippen LogP contribution in [0, 0.1) is 0 Å². The van der Waals surface area contributed by atoms with E-state index in [4.69, 9.17) is 16.3 Å². The minimum atomic E-state index is 0.440. The number of hydrogen-bond donors (Lipinski definition) is 0. The summed E-state index contributed by atoms with van der Waals surface area (Å²) in [6.45, 7) is 1.20. The molecule has 0 spiro atoms. The van der Waals surface area contributed by atoms with Crippen LogP contribution in [-0.4, -0.2) is 26.9 Å². The van der Waals surface area contributed by atoms with E-state index in [1.165, 1.54) is 0 Å². The monoisotopic (exact) mass is 252 g/mol. The number of nitrogens with zero attached hydrogens (tertiary/aromatic N) is 4. The van der Waals surface area contributed by atoms with Crippen LogP contribution in [0.1, 0.15) is 11.4 Å². The van der Waals surface area contributed by atoms with Gasteiger partial charge in [0.15, 0.2) is 5.82 Å². The Morgan fingerprint density at radius 1 is 1.35 bits per heavy atom. The summed E-state index contributed by atoms with van der Waals surface area (Å²) in [6, 6.07) is 3.75. The fourth-order valence-electron chi connectivity index (χ4n) is 1.43. The van der Waals surface area contributed by atoms with E-state index < -0.39 is 0 Å². The zero-order chi connectivity index (χ0) is 12.1. The molecule has 0 radical (unpaired) electrons. The van der Waals surface area contributed by atoms with Crippen molar-refractivity contribution in [3.05, 3.63) is 41.2 Å². The maximum absolute atomic E-state index is 5.71. The summed E-state index contributed by atoms with van der Waals surface area (Å²) in [7, 11) is 1.63. The molecule has 0 amide bonds. The SMILES string of the molecule is COCc1ncn(CCc2ccc(Cl)nc2)n1. The fraction of sp³-hybridized carbons (Fsp3) is 0.364. The molecule has 2 aromatic heterocycles. The van der Waals surface area contributed by atoms with Gasteiger partial charge in [-0.3, -0.25) is 4.68 Å². The Bertz CT molecular complexity index is 469. The molecular weight excluding hydrogens is 240 g/mol. The molecule has 17 heavy (non-hydrogen) atoms. The number of aryl methyl sites for hydroxylation is 2. The lowest BCUT2D eigenvalue weighted by atomic mass is 10.2. The molecule has 0 saturated carbocycles. The van der Waals surface area contributed by atoms with Gasteiger partial charge in [0.2, 0.25) is 0 Å². The minimum Gasteiger partial charge on any atom is -0.377 e. The Morgan fingerprint density at radius 2 is 2.24 bits per heavy atom. The second-order valence-corrected chi connectivity index (χ2v) is 3.98. The summed E-state index contributed by atoms with van der Waals surface area (Å²) in [5.74, 6) is 0.696. The summed E-state index contributed by atoms with van der Waals surface area (Å²) in [6.07, 6.45) is 4.33. The van der Waals surface area contributed by atoms with E-state index in [0.29, 0.717) is 17.6 Å². The van der Waals surface area contributed by atoms with Gasteiger partial charge in [0, 0.05) is 19.9 Å². The number of methoxy groups -OCH3 is 1. The molecule has 0 bridgehead atoms. The van der Waals surface area contributed by atoms with Crippen molar-refractivity contribution in [2.45, 2.75) is 19.6 Å². The van der Waals surface area contributed by atoms with E-state index in [0.717, 1.165) is 18.5 Å². The van der Waals surface area contributed by atoms with E-state index in [9.17, 15) is 0 Å². The van der Waals surface area contributed by atoms with Crippen LogP contribution < -0.4 is 0 Å². The van der Waals surface area contributed by atoms with E-state index in [1.807, 2.05) is 6.07 Å². The summed E-state index contributed by atoms with van der Waals surface area (Å²) < 4.78 is 6.75. The van der Waals surface area contributed by atoms with E-state index in [2.05, 4.69) is 15.1 Å². The lowest BCUT2D eigenvalue weighted by molar-refractivity contribution is 0.177. The van der Waals surface area contributed by atoms with Crippen LogP contribution in [0.3, 0.4) is 0 Å². The van der Waals surface area contributed by atoms with Crippen LogP contribution in [0.25, 0.3) is 0 Å². The highest BCUT2D eigenvalue weighted by molar-refractivity contribution is 6.29. The highest BCUT2D eigenvalue weighted by Gasteiger charge is 2.00. The maximum atomic E-state index is 5.71. The fourth-order valence-corrected chi connectivity index (χ4v) is 1.55. The van der Waals surface area contributed by atoms with Gasteiger partial charge in [-0.1, -0.05) is 17.7 Å². The van der Waals surface area contributed by atoms with Crippen molar-refractivity contribution in [2.24, 2.45) is 0 Å². The Hall–Kier alpha value is -1.46. The number of halogens is 1. The summed E-state index contributed by atoms with van der Waals surface area (Å²) in [5, 5.41) is 4.78. The number of ether oxygens (including phenoxy) is 1. The van der Waals surface area contributed by atoms with Crippen molar-refractivity contribution in [2.75, 3.05) is 7.11 Å². The smallest absolute Gasteiger partial charge is 0.176 e. The molecule has 6 heteroatoms. The predicted molar refractivity (Wildman–Crippen MR) is 63.7 cm³/mol. The average molecular weight is 253 g/mol. The van der Waals surface area contributed by atoms with Gasteiger partial charge in [-0.2, -0.15) is 5.10 Å². The Balaban J connectivity index is 1.90. The third-order valence-corrected chi connectivity index (χ3v) is 2.50. The van der Waals surface area contributed by atoms with Crippen LogP contribution in [0.2, 0.25) is 5.15 Å². The number of hydrogen-bond acceptors (Lipinski definition) is 4. The number of aromatic nitrogens is 4. The number of pyridine rings is 1. The van der Waals surface area contributed by atoms with Crippen molar-refractivity contribution in [3.8, 4) is 0 Å². The van der Waals surface area contributed by atoms with Crippen LogP contribution >= 0.6 is 11.6 Å². The largest absolute Gasteiger partial charge is 0.377 e. The van der Waals surface area contributed by atoms with E-state index >= 15 is 0 Å². The molecule has 2 heterocycles. The lowest BCUT2D eigenvalue weighted by Crippen LogP contribution is -2.03. The van der Waals surface area contributed by atoms with Crippen molar-refractivity contribution >= 4 is 11.6 Å². The first-order valence-corrected chi connectivity index (χ1v) is 5.63. The lowest BCUT2D eigenvalue weighted by Gasteiger charge is -2.01. The van der Waals surface area contributed by atoms with Gasteiger partial charge >= 0.3 is 0 Å². The zero-order valence-corrected chi connectivity index (χ0v) is 10.3. The molecule has 0 aliphatic carbocycles. The second kappa shape index (κ2) is 5.75. The van der Waals surface area contributed by atoms with Crippen LogP contribution in [0.15, 0.2) is 24.7 Å². The highest BCUT2D eigenvalue weighted by Crippen LogP contribution is 2.06. The van der Waals surface area contributed by atoms with Crippen LogP contribution in [0.5, 0.6) is 0 Å². The minimum absolute atomic E-state index is 0.440. The molecule has 0 unspecified atom stereocenters. The van der Waals surface area contributed by atoms with Crippen molar-refractivity contribution < 1.29 is 4.74 Å². The van der Waals surface area contributed by atoms with Crippen LogP contribution in [-0.2, 0) is 24.3 Å². The van der Waals surface area contributed by atoms with Gasteiger partial charge in [-0.05, 0) is 18.1 Å².